The van der Waals surface area contributed by atoms with E-state index in [9.17, 15) is 4.79 Å². The van der Waals surface area contributed by atoms with Gasteiger partial charge in [-0.2, -0.15) is 0 Å². The number of nitrogens with zero attached hydrogens (tertiary/aromatic N) is 2. The SMILES string of the molecule is Cc1ccc(/C(=C/C(=O)NCc2nc(CN3CCOCC3)cs2)C(C)C)cc1. The van der Waals surface area contributed by atoms with Crippen LogP contribution in [0.5, 0.6) is 0 Å². The van der Waals surface area contributed by atoms with Gasteiger partial charge in [-0.05, 0) is 24.0 Å². The van der Waals surface area contributed by atoms with E-state index in [4.69, 9.17) is 4.74 Å². The summed E-state index contributed by atoms with van der Waals surface area (Å²) in [6.45, 7) is 11.1. The molecule has 0 aliphatic carbocycles. The van der Waals surface area contributed by atoms with Crippen molar-refractivity contribution in [3.8, 4) is 0 Å². The molecule has 0 unspecified atom stereocenters. The van der Waals surface area contributed by atoms with Crippen molar-refractivity contribution < 1.29 is 9.53 Å². The number of rotatable bonds is 7. The highest BCUT2D eigenvalue weighted by Gasteiger charge is 2.13. The number of aromatic nitrogens is 1. The molecule has 2 heterocycles. The van der Waals surface area contributed by atoms with Gasteiger partial charge >= 0.3 is 0 Å². The Morgan fingerprint density at radius 3 is 2.68 bits per heavy atom. The predicted molar refractivity (Wildman–Crippen MR) is 114 cm³/mol. The summed E-state index contributed by atoms with van der Waals surface area (Å²) >= 11 is 1.60. The van der Waals surface area contributed by atoms with Crippen LogP contribution in [0, 0.1) is 12.8 Å². The third-order valence-corrected chi connectivity index (χ3v) is 5.69. The summed E-state index contributed by atoms with van der Waals surface area (Å²) in [6.07, 6.45) is 1.72. The minimum Gasteiger partial charge on any atom is -0.379 e. The van der Waals surface area contributed by atoms with Crippen molar-refractivity contribution in [3.05, 3.63) is 57.6 Å². The van der Waals surface area contributed by atoms with E-state index in [1.54, 1.807) is 17.4 Å². The molecular formula is C22H29N3O2S. The fourth-order valence-electron chi connectivity index (χ4n) is 3.18. The monoisotopic (exact) mass is 399 g/mol. The van der Waals surface area contributed by atoms with Crippen LogP contribution in [0.2, 0.25) is 0 Å². The molecule has 1 aromatic heterocycles. The average molecular weight is 400 g/mol. The molecule has 0 bridgehead atoms. The summed E-state index contributed by atoms with van der Waals surface area (Å²) in [5, 5.41) is 6.00. The van der Waals surface area contributed by atoms with Crippen LogP contribution in [0.4, 0.5) is 0 Å². The highest BCUT2D eigenvalue weighted by molar-refractivity contribution is 7.09. The fraction of sp³-hybridized carbons (Fsp3) is 0.455. The lowest BCUT2D eigenvalue weighted by Crippen LogP contribution is -2.35. The average Bonchev–Trinajstić information content (AvgIpc) is 3.13. The second-order valence-corrected chi connectivity index (χ2v) is 8.40. The molecule has 0 atom stereocenters. The molecule has 1 amide bonds. The van der Waals surface area contributed by atoms with E-state index in [2.05, 4.69) is 65.6 Å². The fourth-order valence-corrected chi connectivity index (χ4v) is 3.90. The summed E-state index contributed by atoms with van der Waals surface area (Å²) in [5.41, 5.74) is 4.42. The van der Waals surface area contributed by atoms with Gasteiger partial charge in [-0.3, -0.25) is 9.69 Å². The number of amides is 1. The number of benzene rings is 1. The predicted octanol–water partition coefficient (Wildman–Crippen LogP) is 3.64. The van der Waals surface area contributed by atoms with Gasteiger partial charge in [-0.15, -0.1) is 11.3 Å². The second kappa shape index (κ2) is 9.96. The zero-order chi connectivity index (χ0) is 19.9. The summed E-state index contributed by atoms with van der Waals surface area (Å²) in [6, 6.07) is 8.31. The molecule has 1 N–H and O–H groups in total. The van der Waals surface area contributed by atoms with E-state index in [1.165, 1.54) is 5.56 Å². The van der Waals surface area contributed by atoms with Crippen LogP contribution >= 0.6 is 11.3 Å². The number of nitrogens with one attached hydrogen (secondary N) is 1. The van der Waals surface area contributed by atoms with Crippen molar-refractivity contribution in [2.24, 2.45) is 5.92 Å². The highest BCUT2D eigenvalue weighted by Crippen LogP contribution is 2.23. The summed E-state index contributed by atoms with van der Waals surface area (Å²) in [5.74, 6) is 0.197. The molecule has 1 aliphatic heterocycles. The molecule has 1 fully saturated rings. The van der Waals surface area contributed by atoms with Gasteiger partial charge in [-0.1, -0.05) is 43.7 Å². The summed E-state index contributed by atoms with van der Waals surface area (Å²) < 4.78 is 5.38. The maximum absolute atomic E-state index is 12.5. The van der Waals surface area contributed by atoms with Gasteiger partial charge in [0.25, 0.3) is 0 Å². The topological polar surface area (TPSA) is 54.5 Å². The van der Waals surface area contributed by atoms with Crippen LogP contribution in [0.15, 0.2) is 35.7 Å². The van der Waals surface area contributed by atoms with Crippen LogP contribution in [0.1, 0.15) is 35.7 Å². The van der Waals surface area contributed by atoms with E-state index in [0.717, 1.165) is 54.7 Å². The first-order valence-corrected chi connectivity index (χ1v) is 10.7. The zero-order valence-corrected chi connectivity index (χ0v) is 17.7. The molecule has 1 aliphatic rings. The summed E-state index contributed by atoms with van der Waals surface area (Å²) in [4.78, 5) is 19.5. The Kier molecular flexibility index (Phi) is 7.36. The number of carbonyl (C=O) groups is 1. The molecule has 28 heavy (non-hydrogen) atoms. The Balaban J connectivity index is 1.56. The Morgan fingerprint density at radius 2 is 2.00 bits per heavy atom. The van der Waals surface area contributed by atoms with Gasteiger partial charge in [0.1, 0.15) is 5.01 Å². The maximum Gasteiger partial charge on any atom is 0.244 e. The van der Waals surface area contributed by atoms with Crippen molar-refractivity contribution >= 4 is 22.8 Å². The van der Waals surface area contributed by atoms with Crippen molar-refractivity contribution in [2.75, 3.05) is 26.3 Å². The van der Waals surface area contributed by atoms with Crippen LogP contribution in [-0.4, -0.2) is 42.1 Å². The van der Waals surface area contributed by atoms with E-state index >= 15 is 0 Å². The molecular weight excluding hydrogens is 370 g/mol. The van der Waals surface area contributed by atoms with E-state index in [-0.39, 0.29) is 11.8 Å². The number of carbonyl (C=O) groups excluding carboxylic acids is 1. The maximum atomic E-state index is 12.5. The molecule has 6 heteroatoms. The molecule has 1 aromatic carbocycles. The van der Waals surface area contributed by atoms with Crippen molar-refractivity contribution in [3.63, 3.8) is 0 Å². The lowest BCUT2D eigenvalue weighted by Gasteiger charge is -2.25. The molecule has 1 saturated heterocycles. The minimum atomic E-state index is -0.0748. The van der Waals surface area contributed by atoms with Crippen molar-refractivity contribution in [1.29, 1.82) is 0 Å². The third kappa shape index (κ3) is 5.99. The number of aryl methyl sites for hydroxylation is 1. The van der Waals surface area contributed by atoms with Gasteiger partial charge < -0.3 is 10.1 Å². The number of morpholine rings is 1. The molecule has 3 rings (SSSR count). The van der Waals surface area contributed by atoms with Crippen molar-refractivity contribution in [2.45, 2.75) is 33.9 Å². The molecule has 0 spiro atoms. The lowest BCUT2D eigenvalue weighted by molar-refractivity contribution is -0.116. The van der Waals surface area contributed by atoms with E-state index < -0.39 is 0 Å². The first-order valence-electron chi connectivity index (χ1n) is 9.81. The molecule has 150 valence electrons. The molecule has 0 radical (unpaired) electrons. The van der Waals surface area contributed by atoms with Crippen LogP contribution in [-0.2, 0) is 22.6 Å². The number of thiazole rings is 1. The molecule has 0 saturated carbocycles. The van der Waals surface area contributed by atoms with Crippen LogP contribution in [0.3, 0.4) is 0 Å². The molecule has 2 aromatic rings. The smallest absolute Gasteiger partial charge is 0.244 e. The Hall–Kier alpha value is -2.02. The quantitative estimate of drug-likeness (QED) is 0.722. The normalized spacial score (nSPS) is 15.8. The first kappa shape index (κ1) is 20.7. The van der Waals surface area contributed by atoms with E-state index in [1.807, 2.05) is 0 Å². The van der Waals surface area contributed by atoms with Gasteiger partial charge in [0.2, 0.25) is 5.91 Å². The Labute approximate surface area is 171 Å². The van der Waals surface area contributed by atoms with Gasteiger partial charge in [0.15, 0.2) is 0 Å². The Morgan fingerprint density at radius 1 is 1.29 bits per heavy atom. The first-order chi connectivity index (χ1) is 13.5. The minimum absolute atomic E-state index is 0.0748. The lowest BCUT2D eigenvalue weighted by atomic mass is 9.94. The zero-order valence-electron chi connectivity index (χ0n) is 16.9. The second-order valence-electron chi connectivity index (χ2n) is 7.46. The number of hydrogen-bond acceptors (Lipinski definition) is 5. The summed E-state index contributed by atoms with van der Waals surface area (Å²) in [7, 11) is 0. The number of allylic oxidation sites excluding steroid dienone is 1. The third-order valence-electron chi connectivity index (χ3n) is 4.80. The van der Waals surface area contributed by atoms with Gasteiger partial charge in [0, 0.05) is 31.1 Å². The van der Waals surface area contributed by atoms with Crippen LogP contribution < -0.4 is 5.32 Å². The van der Waals surface area contributed by atoms with Gasteiger partial charge in [-0.25, -0.2) is 4.98 Å². The largest absolute Gasteiger partial charge is 0.379 e. The Bertz CT molecular complexity index is 805. The number of hydrogen-bond donors (Lipinski definition) is 1. The highest BCUT2D eigenvalue weighted by atomic mass is 32.1. The standard InChI is InChI=1S/C22H29N3O2S/c1-16(2)20(18-6-4-17(3)5-7-18)12-21(26)23-13-22-24-19(15-28-22)14-25-8-10-27-11-9-25/h4-7,12,15-16H,8-11,13-14H2,1-3H3,(H,23,26)/b20-12+. The van der Waals surface area contributed by atoms with Crippen LogP contribution in [0.25, 0.3) is 5.57 Å². The molecule has 5 nitrogen and oxygen atoms in total. The van der Waals surface area contributed by atoms with Crippen molar-refractivity contribution in [1.82, 2.24) is 15.2 Å². The van der Waals surface area contributed by atoms with E-state index in [0.29, 0.717) is 6.54 Å². The number of ether oxygens (including phenoxy) is 1. The van der Waals surface area contributed by atoms with Gasteiger partial charge in [0.05, 0.1) is 25.5 Å².